The lowest BCUT2D eigenvalue weighted by molar-refractivity contribution is -0.117. The third-order valence-electron chi connectivity index (χ3n) is 5.73. The molecule has 0 aliphatic carbocycles. The number of hydrogen-bond acceptors (Lipinski definition) is 3. The highest BCUT2D eigenvalue weighted by atomic mass is 16.2. The number of carbonyl (C=O) groups excluding carboxylic acids is 1. The Morgan fingerprint density at radius 2 is 1.96 bits per heavy atom. The van der Waals surface area contributed by atoms with Crippen molar-refractivity contribution >= 4 is 17.6 Å². The Bertz CT molecular complexity index is 679. The molecular weight excluding hydrogens is 350 g/mol. The van der Waals surface area contributed by atoms with E-state index in [1.54, 1.807) is 0 Å². The molecule has 1 aromatic rings. The Balaban J connectivity index is 1.58. The van der Waals surface area contributed by atoms with Crippen LogP contribution >= 0.6 is 0 Å². The normalized spacial score (nSPS) is 18.9. The number of fused-ring (bicyclic) bond motifs is 1. The number of para-hydroxylation sites is 1. The highest BCUT2D eigenvalue weighted by molar-refractivity contribution is 5.97. The Hall–Kier alpha value is -2.08. The van der Waals surface area contributed by atoms with Crippen molar-refractivity contribution in [1.82, 2.24) is 15.5 Å². The van der Waals surface area contributed by atoms with Gasteiger partial charge in [-0.2, -0.15) is 0 Å². The molecule has 2 N–H and O–H groups in total. The fourth-order valence-electron chi connectivity index (χ4n) is 4.10. The van der Waals surface area contributed by atoms with Crippen molar-refractivity contribution < 1.29 is 4.79 Å². The van der Waals surface area contributed by atoms with E-state index in [1.807, 2.05) is 23.1 Å². The molecule has 0 spiro atoms. The predicted octanol–water partition coefficient (Wildman–Crippen LogP) is 2.39. The van der Waals surface area contributed by atoms with Gasteiger partial charge in [0.15, 0.2) is 5.96 Å². The molecule has 1 fully saturated rings. The van der Waals surface area contributed by atoms with Crippen molar-refractivity contribution in [3.63, 3.8) is 0 Å². The number of piperidine rings is 1. The Kier molecular flexibility index (Phi) is 7.31. The number of likely N-dealkylation sites (tertiary alicyclic amines) is 1. The van der Waals surface area contributed by atoms with Gasteiger partial charge < -0.3 is 20.4 Å². The van der Waals surface area contributed by atoms with Gasteiger partial charge in [-0.1, -0.05) is 18.2 Å². The lowest BCUT2D eigenvalue weighted by Gasteiger charge is -2.35. The van der Waals surface area contributed by atoms with Crippen LogP contribution in [-0.4, -0.2) is 61.6 Å². The van der Waals surface area contributed by atoms with E-state index in [0.29, 0.717) is 12.1 Å². The molecule has 28 heavy (non-hydrogen) atoms. The van der Waals surface area contributed by atoms with Gasteiger partial charge in [-0.3, -0.25) is 4.79 Å². The Morgan fingerprint density at radius 1 is 1.21 bits per heavy atom. The molecule has 2 aliphatic heterocycles. The van der Waals surface area contributed by atoms with Gasteiger partial charge in [-0.15, -0.1) is 0 Å². The van der Waals surface area contributed by atoms with Crippen LogP contribution < -0.4 is 15.5 Å². The molecule has 0 radical (unpaired) electrons. The summed E-state index contributed by atoms with van der Waals surface area (Å²) >= 11 is 0. The van der Waals surface area contributed by atoms with Crippen molar-refractivity contribution in [1.29, 1.82) is 0 Å². The van der Waals surface area contributed by atoms with Gasteiger partial charge in [0.2, 0.25) is 5.91 Å². The molecule has 0 aromatic heterocycles. The molecule has 0 saturated carbocycles. The molecule has 2 heterocycles. The molecule has 2 aliphatic rings. The van der Waals surface area contributed by atoms with Crippen LogP contribution in [0.3, 0.4) is 0 Å². The second kappa shape index (κ2) is 9.92. The number of aliphatic imine (C=N–C) groups is 1. The zero-order valence-corrected chi connectivity index (χ0v) is 17.6. The lowest BCUT2D eigenvalue weighted by atomic mass is 10.0. The minimum Gasteiger partial charge on any atom is -0.357 e. The van der Waals surface area contributed by atoms with Crippen LogP contribution in [0.4, 0.5) is 5.69 Å². The largest absolute Gasteiger partial charge is 0.357 e. The van der Waals surface area contributed by atoms with E-state index in [9.17, 15) is 4.79 Å². The maximum Gasteiger partial charge on any atom is 0.248 e. The van der Waals surface area contributed by atoms with E-state index < -0.39 is 0 Å². The van der Waals surface area contributed by atoms with E-state index in [-0.39, 0.29) is 12.5 Å². The number of rotatable bonds is 5. The molecule has 6 nitrogen and oxygen atoms in total. The predicted molar refractivity (Wildman–Crippen MR) is 116 cm³/mol. The maximum atomic E-state index is 12.8. The third kappa shape index (κ3) is 5.25. The lowest BCUT2D eigenvalue weighted by Crippen LogP contribution is -2.50. The van der Waals surface area contributed by atoms with Crippen LogP contribution in [0.1, 0.15) is 45.6 Å². The molecule has 0 bridgehead atoms. The van der Waals surface area contributed by atoms with Crippen molar-refractivity contribution in [2.45, 2.75) is 58.5 Å². The van der Waals surface area contributed by atoms with Crippen LogP contribution in [0.15, 0.2) is 29.3 Å². The highest BCUT2D eigenvalue weighted by Gasteiger charge is 2.23. The van der Waals surface area contributed by atoms with Crippen LogP contribution in [0.2, 0.25) is 0 Å². The monoisotopic (exact) mass is 385 g/mol. The number of hydrogen-bond donors (Lipinski definition) is 2. The molecule has 1 saturated heterocycles. The first-order valence-electron chi connectivity index (χ1n) is 10.8. The van der Waals surface area contributed by atoms with Crippen molar-refractivity contribution in [2.75, 3.05) is 37.6 Å². The summed E-state index contributed by atoms with van der Waals surface area (Å²) in [6.07, 6.45) is 4.27. The number of nitrogens with zero attached hydrogens (tertiary/aromatic N) is 3. The summed E-state index contributed by atoms with van der Waals surface area (Å²) in [6.45, 7) is 10.5. The summed E-state index contributed by atoms with van der Waals surface area (Å²) in [7, 11) is 0. The summed E-state index contributed by atoms with van der Waals surface area (Å²) in [4.78, 5) is 21.8. The van der Waals surface area contributed by atoms with E-state index in [2.05, 4.69) is 47.4 Å². The number of anilines is 1. The van der Waals surface area contributed by atoms with Crippen LogP contribution in [-0.2, 0) is 11.2 Å². The first-order chi connectivity index (χ1) is 13.6. The van der Waals surface area contributed by atoms with E-state index in [0.717, 1.165) is 63.5 Å². The van der Waals surface area contributed by atoms with Gasteiger partial charge in [0, 0.05) is 44.0 Å². The standard InChI is InChI=1S/C22H35N5O/c1-4-23-22(25-19-11-14-26(15-12-19)17(2)3)24-16-21(28)27-13-7-9-18-8-5-6-10-20(18)27/h5-6,8,10,17,19H,4,7,9,11-16H2,1-3H3,(H2,23,24,25). The molecule has 3 rings (SSSR count). The van der Waals surface area contributed by atoms with Crippen LogP contribution in [0.5, 0.6) is 0 Å². The second-order valence-electron chi connectivity index (χ2n) is 8.02. The third-order valence-corrected chi connectivity index (χ3v) is 5.73. The molecule has 1 amide bonds. The summed E-state index contributed by atoms with van der Waals surface area (Å²) in [5.41, 5.74) is 2.31. The van der Waals surface area contributed by atoms with Gasteiger partial charge >= 0.3 is 0 Å². The van der Waals surface area contributed by atoms with Crippen molar-refractivity contribution in [2.24, 2.45) is 4.99 Å². The van der Waals surface area contributed by atoms with Gasteiger partial charge in [0.25, 0.3) is 0 Å². The average Bonchev–Trinajstić information content (AvgIpc) is 2.72. The quantitative estimate of drug-likeness (QED) is 0.604. The minimum atomic E-state index is 0.0685. The summed E-state index contributed by atoms with van der Waals surface area (Å²) in [6, 6.07) is 9.23. The molecule has 1 aromatic carbocycles. The van der Waals surface area contributed by atoms with Crippen LogP contribution in [0.25, 0.3) is 0 Å². The topological polar surface area (TPSA) is 60.0 Å². The number of benzene rings is 1. The van der Waals surface area contributed by atoms with Gasteiger partial charge in [0.05, 0.1) is 0 Å². The summed E-state index contributed by atoms with van der Waals surface area (Å²) in [5.74, 6) is 0.822. The fraction of sp³-hybridized carbons (Fsp3) is 0.636. The second-order valence-corrected chi connectivity index (χ2v) is 8.02. The first kappa shape index (κ1) is 20.6. The Labute approximate surface area is 169 Å². The number of aryl methyl sites for hydroxylation is 1. The molecule has 154 valence electrons. The van der Waals surface area contributed by atoms with E-state index in [4.69, 9.17) is 0 Å². The van der Waals surface area contributed by atoms with Gasteiger partial charge in [-0.05, 0) is 58.1 Å². The van der Waals surface area contributed by atoms with Crippen molar-refractivity contribution in [3.05, 3.63) is 29.8 Å². The average molecular weight is 386 g/mol. The molecule has 0 atom stereocenters. The zero-order chi connectivity index (χ0) is 19.9. The molecule has 6 heteroatoms. The fourth-order valence-corrected chi connectivity index (χ4v) is 4.10. The molecule has 0 unspecified atom stereocenters. The smallest absolute Gasteiger partial charge is 0.248 e. The van der Waals surface area contributed by atoms with Crippen LogP contribution in [0, 0.1) is 0 Å². The number of amides is 1. The highest BCUT2D eigenvalue weighted by Crippen LogP contribution is 2.26. The van der Waals surface area contributed by atoms with Gasteiger partial charge in [0.1, 0.15) is 6.54 Å². The summed E-state index contributed by atoms with van der Waals surface area (Å²) in [5, 5.41) is 6.83. The number of nitrogens with one attached hydrogen (secondary N) is 2. The maximum absolute atomic E-state index is 12.8. The Morgan fingerprint density at radius 3 is 2.68 bits per heavy atom. The minimum absolute atomic E-state index is 0.0685. The first-order valence-corrected chi connectivity index (χ1v) is 10.8. The summed E-state index contributed by atoms with van der Waals surface area (Å²) < 4.78 is 0. The van der Waals surface area contributed by atoms with E-state index in [1.165, 1.54) is 5.56 Å². The van der Waals surface area contributed by atoms with Gasteiger partial charge in [-0.25, -0.2) is 4.99 Å². The SMILES string of the molecule is CCNC(=NCC(=O)N1CCCc2ccccc21)NC1CCN(C(C)C)CC1. The molecular formula is C22H35N5O. The number of carbonyl (C=O) groups is 1. The van der Waals surface area contributed by atoms with Crippen molar-refractivity contribution in [3.8, 4) is 0 Å². The van der Waals surface area contributed by atoms with E-state index >= 15 is 0 Å². The number of guanidine groups is 1. The zero-order valence-electron chi connectivity index (χ0n) is 17.6.